The van der Waals surface area contributed by atoms with E-state index in [2.05, 4.69) is 0 Å². The van der Waals surface area contributed by atoms with Crippen molar-refractivity contribution in [3.8, 4) is 17.2 Å². The van der Waals surface area contributed by atoms with E-state index in [1.165, 1.54) is 0 Å². The van der Waals surface area contributed by atoms with Gasteiger partial charge in [-0.25, -0.2) is 9.59 Å². The summed E-state index contributed by atoms with van der Waals surface area (Å²) < 4.78 is 0. The van der Waals surface area contributed by atoms with Crippen LogP contribution in [0.2, 0.25) is 0 Å². The number of carboxylic acids is 2. The Morgan fingerprint density at radius 1 is 0.933 bits per heavy atom. The van der Waals surface area contributed by atoms with Crippen LogP contribution in [0.1, 0.15) is 20.7 Å². The van der Waals surface area contributed by atoms with Crippen LogP contribution in [-0.4, -0.2) is 37.5 Å². The second-order valence-corrected chi connectivity index (χ2v) is 2.63. The lowest BCUT2D eigenvalue weighted by molar-refractivity contribution is 0.0671. The second kappa shape index (κ2) is 3.37. The van der Waals surface area contributed by atoms with E-state index in [9.17, 15) is 9.59 Å². The van der Waals surface area contributed by atoms with Gasteiger partial charge in [0.15, 0.2) is 11.5 Å². The highest BCUT2D eigenvalue weighted by Crippen LogP contribution is 2.38. The third kappa shape index (κ3) is 1.62. The maximum absolute atomic E-state index is 10.5. The lowest BCUT2D eigenvalue weighted by Crippen LogP contribution is -2.02. The summed E-state index contributed by atoms with van der Waals surface area (Å²) in [6.07, 6.45) is 0. The molecule has 1 aromatic carbocycles. The smallest absolute Gasteiger partial charge is 0.343 e. The van der Waals surface area contributed by atoms with Crippen molar-refractivity contribution in [2.45, 2.75) is 0 Å². The van der Waals surface area contributed by atoms with Gasteiger partial charge >= 0.3 is 11.9 Å². The van der Waals surface area contributed by atoms with Crippen molar-refractivity contribution < 1.29 is 35.1 Å². The monoisotopic (exact) mass is 214 g/mol. The zero-order chi connectivity index (χ0) is 11.7. The van der Waals surface area contributed by atoms with Crippen molar-refractivity contribution in [3.05, 3.63) is 17.2 Å². The standard InChI is InChI=1S/C8H6O7/c9-3-1-2(7(12)13)5(10)6(11)4(3)8(14)15/h1,9-11H,(H,12,13)(H,14,15). The summed E-state index contributed by atoms with van der Waals surface area (Å²) in [5.74, 6) is -6.50. The summed E-state index contributed by atoms with van der Waals surface area (Å²) >= 11 is 0. The lowest BCUT2D eigenvalue weighted by atomic mass is 10.1. The first kappa shape index (κ1) is 10.6. The van der Waals surface area contributed by atoms with Crippen molar-refractivity contribution in [1.82, 2.24) is 0 Å². The van der Waals surface area contributed by atoms with Crippen LogP contribution < -0.4 is 0 Å². The molecule has 0 fully saturated rings. The first-order valence-electron chi connectivity index (χ1n) is 3.60. The minimum atomic E-state index is -1.68. The molecule has 0 saturated carbocycles. The van der Waals surface area contributed by atoms with Gasteiger partial charge in [0.25, 0.3) is 0 Å². The normalized spacial score (nSPS) is 9.87. The number of carboxylic acid groups (broad SMARTS) is 2. The van der Waals surface area contributed by atoms with Gasteiger partial charge in [0.1, 0.15) is 16.9 Å². The molecule has 0 aromatic heterocycles. The topological polar surface area (TPSA) is 135 Å². The molecule has 1 aromatic rings. The predicted molar refractivity (Wildman–Crippen MR) is 45.4 cm³/mol. The number of hydrogen-bond donors (Lipinski definition) is 5. The fourth-order valence-corrected chi connectivity index (χ4v) is 1.02. The average molecular weight is 214 g/mol. The van der Waals surface area contributed by atoms with Crippen LogP contribution in [0.5, 0.6) is 17.2 Å². The molecule has 0 saturated heterocycles. The quantitative estimate of drug-likeness (QED) is 0.350. The molecule has 7 nitrogen and oxygen atoms in total. The fraction of sp³-hybridized carbons (Fsp3) is 0. The van der Waals surface area contributed by atoms with E-state index in [4.69, 9.17) is 25.5 Å². The van der Waals surface area contributed by atoms with E-state index in [1.807, 2.05) is 0 Å². The van der Waals surface area contributed by atoms with Crippen LogP contribution in [0.25, 0.3) is 0 Å². The Balaban J connectivity index is 3.58. The first-order valence-corrected chi connectivity index (χ1v) is 3.60. The van der Waals surface area contributed by atoms with Crippen molar-refractivity contribution in [2.24, 2.45) is 0 Å². The van der Waals surface area contributed by atoms with Gasteiger partial charge in [0.05, 0.1) is 0 Å². The minimum absolute atomic E-state index is 0.542. The number of benzene rings is 1. The first-order chi connectivity index (χ1) is 6.86. The van der Waals surface area contributed by atoms with E-state index in [0.29, 0.717) is 6.07 Å². The molecular formula is C8H6O7. The molecular weight excluding hydrogens is 208 g/mol. The zero-order valence-corrected chi connectivity index (χ0v) is 7.13. The van der Waals surface area contributed by atoms with E-state index in [1.54, 1.807) is 0 Å². The molecule has 0 bridgehead atoms. The zero-order valence-electron chi connectivity index (χ0n) is 7.13. The van der Waals surface area contributed by atoms with Gasteiger partial charge in [-0.1, -0.05) is 0 Å². The molecule has 0 aliphatic carbocycles. The number of carbonyl (C=O) groups is 2. The number of hydrogen-bond acceptors (Lipinski definition) is 5. The van der Waals surface area contributed by atoms with Gasteiger partial charge in [0, 0.05) is 0 Å². The lowest BCUT2D eigenvalue weighted by Gasteiger charge is -2.07. The number of aromatic hydroxyl groups is 3. The summed E-state index contributed by atoms with van der Waals surface area (Å²) in [7, 11) is 0. The Bertz CT molecular complexity index is 449. The highest BCUT2D eigenvalue weighted by atomic mass is 16.4. The summed E-state index contributed by atoms with van der Waals surface area (Å²) in [4.78, 5) is 21.0. The predicted octanol–water partition coefficient (Wildman–Crippen LogP) is 0.200. The SMILES string of the molecule is O=C(O)c1cc(O)c(C(=O)O)c(O)c1O. The molecule has 7 heteroatoms. The third-order valence-corrected chi connectivity index (χ3v) is 1.70. The summed E-state index contributed by atoms with van der Waals surface area (Å²) in [6, 6.07) is 0.542. The van der Waals surface area contributed by atoms with Gasteiger partial charge in [-0.3, -0.25) is 0 Å². The Labute approximate surface area is 82.5 Å². The molecule has 80 valence electrons. The van der Waals surface area contributed by atoms with Gasteiger partial charge < -0.3 is 25.5 Å². The van der Waals surface area contributed by atoms with Crippen molar-refractivity contribution in [3.63, 3.8) is 0 Å². The van der Waals surface area contributed by atoms with Crippen molar-refractivity contribution >= 4 is 11.9 Å². The number of phenols is 3. The Morgan fingerprint density at radius 2 is 1.47 bits per heavy atom. The highest BCUT2D eigenvalue weighted by Gasteiger charge is 2.24. The van der Waals surface area contributed by atoms with Crippen molar-refractivity contribution in [2.75, 3.05) is 0 Å². The molecule has 0 atom stereocenters. The van der Waals surface area contributed by atoms with Gasteiger partial charge in [-0.05, 0) is 6.07 Å². The van der Waals surface area contributed by atoms with Gasteiger partial charge in [-0.2, -0.15) is 0 Å². The molecule has 0 unspecified atom stereocenters. The molecule has 0 aliphatic rings. The second-order valence-electron chi connectivity index (χ2n) is 2.63. The Hall–Kier alpha value is -2.44. The van der Waals surface area contributed by atoms with Crippen LogP contribution >= 0.6 is 0 Å². The average Bonchev–Trinajstić information content (AvgIpc) is 2.10. The maximum atomic E-state index is 10.5. The van der Waals surface area contributed by atoms with Crippen LogP contribution in [0, 0.1) is 0 Å². The fourth-order valence-electron chi connectivity index (χ4n) is 1.02. The summed E-state index contributed by atoms with van der Waals surface area (Å²) in [5.41, 5.74) is -1.73. The molecule has 0 radical (unpaired) electrons. The molecule has 15 heavy (non-hydrogen) atoms. The molecule has 0 heterocycles. The van der Waals surface area contributed by atoms with Gasteiger partial charge in [0.2, 0.25) is 0 Å². The van der Waals surface area contributed by atoms with E-state index in [-0.39, 0.29) is 0 Å². The van der Waals surface area contributed by atoms with Crippen molar-refractivity contribution in [1.29, 1.82) is 0 Å². The van der Waals surface area contributed by atoms with Crippen LogP contribution in [0.3, 0.4) is 0 Å². The minimum Gasteiger partial charge on any atom is -0.507 e. The molecule has 0 aliphatic heterocycles. The van der Waals surface area contributed by atoms with E-state index >= 15 is 0 Å². The van der Waals surface area contributed by atoms with Gasteiger partial charge in [-0.15, -0.1) is 0 Å². The maximum Gasteiger partial charge on any atom is 0.343 e. The molecule has 1 rings (SSSR count). The van der Waals surface area contributed by atoms with Crippen LogP contribution in [0.15, 0.2) is 6.07 Å². The van der Waals surface area contributed by atoms with Crippen LogP contribution in [-0.2, 0) is 0 Å². The number of aromatic carboxylic acids is 2. The van der Waals surface area contributed by atoms with Crippen LogP contribution in [0.4, 0.5) is 0 Å². The van der Waals surface area contributed by atoms with E-state index in [0.717, 1.165) is 0 Å². The third-order valence-electron chi connectivity index (χ3n) is 1.70. The summed E-state index contributed by atoms with van der Waals surface area (Å²) in [5, 5.41) is 44.4. The Morgan fingerprint density at radius 3 is 1.87 bits per heavy atom. The number of rotatable bonds is 2. The Kier molecular flexibility index (Phi) is 2.39. The molecule has 0 amide bonds. The highest BCUT2D eigenvalue weighted by molar-refractivity contribution is 6.00. The summed E-state index contributed by atoms with van der Waals surface area (Å²) in [6.45, 7) is 0. The molecule has 5 N–H and O–H groups in total. The molecule has 0 spiro atoms. The van der Waals surface area contributed by atoms with E-state index < -0.39 is 40.3 Å². The largest absolute Gasteiger partial charge is 0.507 e.